The molecule has 1 N–H and O–H groups in total. The van der Waals surface area contributed by atoms with Crippen LogP contribution in [0.1, 0.15) is 13.8 Å². The van der Waals surface area contributed by atoms with Crippen LogP contribution in [-0.4, -0.2) is 22.3 Å². The van der Waals surface area contributed by atoms with E-state index >= 15 is 0 Å². The van der Waals surface area contributed by atoms with Crippen molar-refractivity contribution in [2.24, 2.45) is 0 Å². The first-order valence-corrected chi connectivity index (χ1v) is 6.15. The van der Waals surface area contributed by atoms with Crippen molar-refractivity contribution in [3.05, 3.63) is 28.0 Å². The van der Waals surface area contributed by atoms with Crippen LogP contribution in [0, 0.1) is 4.77 Å². The van der Waals surface area contributed by atoms with Gasteiger partial charge >= 0.3 is 0 Å². The number of ether oxygens (including phenoxy) is 1. The number of aromatic nitrogens is 2. The van der Waals surface area contributed by atoms with Crippen LogP contribution in [0.25, 0.3) is 11.0 Å². The third kappa shape index (κ3) is 2.54. The molecule has 0 amide bonds. The highest BCUT2D eigenvalue weighted by molar-refractivity contribution is 7.71. The standard InChI is InChI=1S/C12H15ClN2OS/c1-12(2,16-3)7-15-10-5-4-8(13)6-9(10)14-11(15)17/h4-6H,7H2,1-3H3,(H,14,17). The minimum Gasteiger partial charge on any atom is -0.377 e. The number of nitrogens with one attached hydrogen (secondary N) is 1. The summed E-state index contributed by atoms with van der Waals surface area (Å²) in [6, 6.07) is 5.71. The van der Waals surface area contributed by atoms with Crippen molar-refractivity contribution in [3.8, 4) is 0 Å². The number of nitrogens with zero attached hydrogens (tertiary/aromatic N) is 1. The van der Waals surface area contributed by atoms with E-state index in [0.717, 1.165) is 11.0 Å². The lowest BCUT2D eigenvalue weighted by atomic mass is 10.1. The number of imidazole rings is 1. The summed E-state index contributed by atoms with van der Waals surface area (Å²) in [5, 5.41) is 0.701. The average molecular weight is 271 g/mol. The quantitative estimate of drug-likeness (QED) is 0.861. The van der Waals surface area contributed by atoms with Crippen molar-refractivity contribution in [3.63, 3.8) is 0 Å². The zero-order chi connectivity index (χ0) is 12.6. The number of methoxy groups -OCH3 is 1. The van der Waals surface area contributed by atoms with Gasteiger partial charge in [-0.05, 0) is 44.3 Å². The lowest BCUT2D eigenvalue weighted by molar-refractivity contribution is 0.00873. The van der Waals surface area contributed by atoms with Gasteiger partial charge in [0.2, 0.25) is 0 Å². The molecule has 0 saturated carbocycles. The molecule has 17 heavy (non-hydrogen) atoms. The fraction of sp³-hybridized carbons (Fsp3) is 0.417. The van der Waals surface area contributed by atoms with Crippen molar-refractivity contribution >= 4 is 34.9 Å². The Morgan fingerprint density at radius 1 is 1.47 bits per heavy atom. The van der Waals surface area contributed by atoms with E-state index in [1.807, 2.05) is 36.6 Å². The van der Waals surface area contributed by atoms with Gasteiger partial charge in [0.05, 0.1) is 23.2 Å². The van der Waals surface area contributed by atoms with Gasteiger partial charge in [0, 0.05) is 12.1 Å². The molecule has 0 aliphatic carbocycles. The smallest absolute Gasteiger partial charge is 0.178 e. The highest BCUT2D eigenvalue weighted by atomic mass is 35.5. The second kappa shape index (κ2) is 4.44. The molecule has 1 aromatic heterocycles. The first-order valence-electron chi connectivity index (χ1n) is 5.36. The van der Waals surface area contributed by atoms with E-state index in [4.69, 9.17) is 28.6 Å². The van der Waals surface area contributed by atoms with Crippen LogP contribution >= 0.6 is 23.8 Å². The molecular weight excluding hydrogens is 256 g/mol. The van der Waals surface area contributed by atoms with Gasteiger partial charge in [0.25, 0.3) is 0 Å². The zero-order valence-electron chi connectivity index (χ0n) is 10.1. The highest BCUT2D eigenvalue weighted by Crippen LogP contribution is 2.21. The second-order valence-corrected chi connectivity index (χ2v) is 5.46. The maximum Gasteiger partial charge on any atom is 0.178 e. The molecule has 0 spiro atoms. The molecule has 0 atom stereocenters. The molecule has 1 aromatic carbocycles. The van der Waals surface area contributed by atoms with Crippen LogP contribution in [0.15, 0.2) is 18.2 Å². The summed E-state index contributed by atoms with van der Waals surface area (Å²) in [5.74, 6) is 0. The van der Waals surface area contributed by atoms with Crippen LogP contribution in [-0.2, 0) is 11.3 Å². The molecule has 0 saturated heterocycles. The van der Waals surface area contributed by atoms with E-state index in [2.05, 4.69) is 4.98 Å². The Bertz CT molecular complexity index is 600. The van der Waals surface area contributed by atoms with Crippen molar-refractivity contribution in [2.45, 2.75) is 26.0 Å². The van der Waals surface area contributed by atoms with E-state index < -0.39 is 0 Å². The lowest BCUT2D eigenvalue weighted by Crippen LogP contribution is -2.29. The number of aromatic amines is 1. The first-order chi connectivity index (χ1) is 7.93. The van der Waals surface area contributed by atoms with E-state index in [0.29, 0.717) is 16.3 Å². The zero-order valence-corrected chi connectivity index (χ0v) is 11.7. The van der Waals surface area contributed by atoms with Gasteiger partial charge in [-0.1, -0.05) is 11.6 Å². The summed E-state index contributed by atoms with van der Waals surface area (Å²) in [5.41, 5.74) is 1.74. The van der Waals surface area contributed by atoms with Crippen molar-refractivity contribution in [1.82, 2.24) is 9.55 Å². The fourth-order valence-corrected chi connectivity index (χ4v) is 2.18. The third-order valence-corrected chi connectivity index (χ3v) is 3.39. The maximum atomic E-state index is 5.95. The van der Waals surface area contributed by atoms with Gasteiger partial charge in [-0.3, -0.25) is 0 Å². The Balaban J connectivity index is 2.54. The molecule has 0 radical (unpaired) electrons. The summed E-state index contributed by atoms with van der Waals surface area (Å²) >= 11 is 11.3. The molecule has 0 fully saturated rings. The normalized spacial score (nSPS) is 12.2. The Morgan fingerprint density at radius 2 is 2.18 bits per heavy atom. The second-order valence-electron chi connectivity index (χ2n) is 4.64. The molecule has 3 nitrogen and oxygen atoms in total. The Labute approximate surface area is 110 Å². The van der Waals surface area contributed by atoms with Crippen LogP contribution in [0.4, 0.5) is 0 Å². The molecule has 0 bridgehead atoms. The van der Waals surface area contributed by atoms with Gasteiger partial charge in [-0.2, -0.15) is 0 Å². The highest BCUT2D eigenvalue weighted by Gasteiger charge is 2.19. The number of H-pyrrole nitrogens is 1. The molecule has 2 aromatic rings. The largest absolute Gasteiger partial charge is 0.377 e. The number of hydrogen-bond donors (Lipinski definition) is 1. The minimum absolute atomic E-state index is 0.257. The van der Waals surface area contributed by atoms with Crippen LogP contribution < -0.4 is 0 Å². The average Bonchev–Trinajstić information content (AvgIpc) is 2.54. The van der Waals surface area contributed by atoms with Crippen LogP contribution in [0.5, 0.6) is 0 Å². The topological polar surface area (TPSA) is 29.9 Å². The summed E-state index contributed by atoms with van der Waals surface area (Å²) in [6.07, 6.45) is 0. The van der Waals surface area contributed by atoms with Crippen LogP contribution in [0.2, 0.25) is 5.02 Å². The number of benzene rings is 1. The maximum absolute atomic E-state index is 5.95. The van der Waals surface area contributed by atoms with Gasteiger partial charge in [0.15, 0.2) is 4.77 Å². The third-order valence-electron chi connectivity index (χ3n) is 2.83. The number of halogens is 1. The monoisotopic (exact) mass is 270 g/mol. The summed E-state index contributed by atoms with van der Waals surface area (Å²) in [4.78, 5) is 3.15. The predicted molar refractivity (Wildman–Crippen MR) is 73.2 cm³/mol. The van der Waals surface area contributed by atoms with Crippen molar-refractivity contribution < 1.29 is 4.74 Å². The molecule has 0 unspecified atom stereocenters. The SMILES string of the molecule is COC(C)(C)Cn1c(=S)[nH]c2cc(Cl)ccc21. The molecular formula is C12H15ClN2OS. The number of rotatable bonds is 3. The van der Waals surface area contributed by atoms with E-state index in [-0.39, 0.29) is 5.60 Å². The Hall–Kier alpha value is -0.840. The molecule has 0 aliphatic heterocycles. The van der Waals surface area contributed by atoms with Crippen LogP contribution in [0.3, 0.4) is 0 Å². The van der Waals surface area contributed by atoms with Gasteiger partial charge in [-0.25, -0.2) is 0 Å². The van der Waals surface area contributed by atoms with E-state index in [1.165, 1.54) is 0 Å². The van der Waals surface area contributed by atoms with Gasteiger partial charge in [-0.15, -0.1) is 0 Å². The van der Waals surface area contributed by atoms with Crippen molar-refractivity contribution in [2.75, 3.05) is 7.11 Å². The molecule has 0 aliphatic rings. The predicted octanol–water partition coefficient (Wildman–Crippen LogP) is 3.78. The Morgan fingerprint density at radius 3 is 2.82 bits per heavy atom. The molecule has 92 valence electrons. The van der Waals surface area contributed by atoms with E-state index in [9.17, 15) is 0 Å². The minimum atomic E-state index is -0.257. The summed E-state index contributed by atoms with van der Waals surface area (Å²) < 4.78 is 8.15. The molecule has 1 heterocycles. The number of hydrogen-bond acceptors (Lipinski definition) is 2. The lowest BCUT2D eigenvalue weighted by Gasteiger charge is -2.23. The summed E-state index contributed by atoms with van der Waals surface area (Å²) in [7, 11) is 1.70. The molecule has 5 heteroatoms. The Kier molecular flexibility index (Phi) is 3.30. The summed E-state index contributed by atoms with van der Waals surface area (Å²) in [6.45, 7) is 4.76. The number of fused-ring (bicyclic) bond motifs is 1. The van der Waals surface area contributed by atoms with Crippen molar-refractivity contribution in [1.29, 1.82) is 0 Å². The molecule has 2 rings (SSSR count). The van der Waals surface area contributed by atoms with E-state index in [1.54, 1.807) is 7.11 Å². The van der Waals surface area contributed by atoms with Gasteiger partial charge in [0.1, 0.15) is 0 Å². The fourth-order valence-electron chi connectivity index (χ4n) is 1.74. The van der Waals surface area contributed by atoms with Gasteiger partial charge < -0.3 is 14.3 Å². The first kappa shape index (κ1) is 12.6.